The first kappa shape index (κ1) is 51.1. The Morgan fingerprint density at radius 3 is 2.07 bits per heavy atom. The third-order valence-electron chi connectivity index (χ3n) is 13.9. The number of Topliss-reactive ketones (excluding diaryl/α,β-unsaturated/α-hetero) is 1. The molecule has 7 rings (SSSR count). The molecular formula is C48H53NO21. The summed E-state index contributed by atoms with van der Waals surface area (Å²) in [4.78, 5) is 146. The number of nitrogens with zero attached hydrogens (tertiary/aromatic N) is 1. The van der Waals surface area contributed by atoms with Crippen molar-refractivity contribution in [3.05, 3.63) is 65.5 Å². The van der Waals surface area contributed by atoms with Crippen molar-refractivity contribution < 1.29 is 100 Å². The van der Waals surface area contributed by atoms with Crippen molar-refractivity contribution in [1.29, 1.82) is 0 Å². The Morgan fingerprint density at radius 1 is 0.786 bits per heavy atom. The Bertz CT molecular complexity index is 2470. The molecule has 0 amide bonds. The Balaban J connectivity index is 1.65. The summed E-state index contributed by atoms with van der Waals surface area (Å²) in [6.45, 7) is 7.09. The van der Waals surface area contributed by atoms with Gasteiger partial charge in [-0.05, 0) is 37.6 Å². The number of rotatable bonds is 7. The molecule has 22 heteroatoms. The van der Waals surface area contributed by atoms with Crippen LogP contribution in [0.25, 0.3) is 0 Å². The molecule has 15 atom stereocenters. The number of benzene rings is 1. The monoisotopic (exact) mass is 979 g/mol. The van der Waals surface area contributed by atoms with E-state index in [9.17, 15) is 48.3 Å². The molecule has 2 spiro atoms. The number of methoxy groups -OCH3 is 1. The van der Waals surface area contributed by atoms with E-state index in [1.165, 1.54) is 56.4 Å². The molecule has 22 nitrogen and oxygen atoms in total. The third kappa shape index (κ3) is 8.64. The fourth-order valence-corrected chi connectivity index (χ4v) is 10.5. The molecule has 2 aliphatic carbocycles. The van der Waals surface area contributed by atoms with E-state index in [1.54, 1.807) is 13.0 Å². The van der Waals surface area contributed by atoms with Gasteiger partial charge in [0.15, 0.2) is 36.1 Å². The number of ether oxygens (including phenoxy) is 10. The molecule has 2 saturated heterocycles. The molecule has 4 fully saturated rings. The maximum atomic E-state index is 15.3. The van der Waals surface area contributed by atoms with Gasteiger partial charge in [-0.3, -0.25) is 43.3 Å². The summed E-state index contributed by atoms with van der Waals surface area (Å²) < 4.78 is 61.0. The van der Waals surface area contributed by atoms with E-state index in [0.717, 1.165) is 34.8 Å². The van der Waals surface area contributed by atoms with Gasteiger partial charge in [0.05, 0.1) is 48.1 Å². The highest BCUT2D eigenvalue weighted by Crippen LogP contribution is 2.66. The van der Waals surface area contributed by atoms with Crippen LogP contribution in [0.2, 0.25) is 0 Å². The summed E-state index contributed by atoms with van der Waals surface area (Å²) in [5, 5.41) is 13.8. The molecule has 70 heavy (non-hydrogen) atoms. The minimum absolute atomic E-state index is 0.0674. The van der Waals surface area contributed by atoms with Crippen LogP contribution < -0.4 is 0 Å². The van der Waals surface area contributed by atoms with E-state index in [1.807, 2.05) is 0 Å². The van der Waals surface area contributed by atoms with Crippen molar-refractivity contribution in [2.75, 3.05) is 13.7 Å². The van der Waals surface area contributed by atoms with E-state index in [-0.39, 0.29) is 23.2 Å². The molecule has 3 aliphatic heterocycles. The number of carbonyl (C=O) groups excluding carboxylic acids is 10. The molecule has 2 saturated carbocycles. The standard InChI is InChI=1S/C48H53NO21/c1-21-16-17-30(53)29(19-32(54)61-8)45(59)70-47-39(64-25(5)51)35(66-41(21)55)33-31-20-62-44(58)28-15-12-18-49-34(28)22(2)23(3)42(56)68-38(46(7,60)48(47,69-31)37(33)63-24(4)50)36(40(47)65-26(6)52)67-43(57)27-13-10-9-11-14-27/h9-15,18,21-23,29,31,33,35-40,60H,16-17,19-20H2,1-8H3/t21?,22?,23?,29?,31-,33?,35+,36-,37+,38+,39-,40-,46+,47+,48+/m1/s1. The summed E-state index contributed by atoms with van der Waals surface area (Å²) in [5.41, 5.74) is -9.90. The molecule has 1 aromatic carbocycles. The first-order valence-corrected chi connectivity index (χ1v) is 22.6. The van der Waals surface area contributed by atoms with E-state index in [2.05, 4.69) is 4.98 Å². The fourth-order valence-electron chi connectivity index (χ4n) is 10.5. The molecule has 1 N–H and O–H groups in total. The SMILES string of the molecule is COC(=O)CC1C(=O)CCC(C)C(=O)O[C@H]2C3[C@H]4COC(=O)c5cccnc5C(C)C(C)C(=O)O[C@H]5[C@@H](OC(=O)c6ccccc6)[C@@H](OC(C)=O)[C@@](OC1=O)([C@@H]2OC(C)=O)[C@](O4)([C@H]3OC(C)=O)[C@@]5(C)O. The van der Waals surface area contributed by atoms with Gasteiger partial charge in [-0.15, -0.1) is 0 Å². The van der Waals surface area contributed by atoms with Gasteiger partial charge in [-0.25, -0.2) is 9.59 Å². The van der Waals surface area contributed by atoms with Crippen molar-refractivity contribution in [2.45, 2.75) is 133 Å². The third-order valence-corrected chi connectivity index (χ3v) is 13.9. The van der Waals surface area contributed by atoms with Crippen molar-refractivity contribution >= 4 is 59.5 Å². The lowest BCUT2D eigenvalue weighted by atomic mass is 9.50. The second kappa shape index (κ2) is 19.5. The minimum atomic E-state index is -3.39. The van der Waals surface area contributed by atoms with Crippen LogP contribution in [0.3, 0.4) is 0 Å². The smallest absolute Gasteiger partial charge is 0.340 e. The Labute approximate surface area is 400 Å². The number of fused-ring (bicyclic) bond motifs is 7. The van der Waals surface area contributed by atoms with Gasteiger partial charge in [0.2, 0.25) is 5.60 Å². The normalized spacial score (nSPS) is 36.1. The average Bonchev–Trinajstić information content (AvgIpc) is 3.59. The Morgan fingerprint density at radius 2 is 1.43 bits per heavy atom. The van der Waals surface area contributed by atoms with Crippen LogP contribution in [0.5, 0.6) is 0 Å². The van der Waals surface area contributed by atoms with Crippen molar-refractivity contribution in [1.82, 2.24) is 4.98 Å². The van der Waals surface area contributed by atoms with E-state index < -0.39 is 168 Å². The van der Waals surface area contributed by atoms with Crippen LogP contribution in [-0.4, -0.2) is 143 Å². The molecule has 1 aromatic heterocycles. The number of hydrogen-bond acceptors (Lipinski definition) is 22. The first-order chi connectivity index (χ1) is 33.0. The van der Waals surface area contributed by atoms with Crippen LogP contribution in [-0.2, 0) is 85.7 Å². The maximum absolute atomic E-state index is 15.3. The molecule has 2 aromatic rings. The average molecular weight is 980 g/mol. The van der Waals surface area contributed by atoms with Gasteiger partial charge in [0.1, 0.15) is 36.1 Å². The van der Waals surface area contributed by atoms with Crippen LogP contribution in [0.15, 0.2) is 48.7 Å². The van der Waals surface area contributed by atoms with Gasteiger partial charge in [0, 0.05) is 39.3 Å². The zero-order valence-corrected chi connectivity index (χ0v) is 39.4. The lowest BCUT2D eigenvalue weighted by molar-refractivity contribution is -0.395. The lowest BCUT2D eigenvalue weighted by Crippen LogP contribution is -2.92. The Hall–Kier alpha value is -6.81. The van der Waals surface area contributed by atoms with Gasteiger partial charge < -0.3 is 52.5 Å². The maximum Gasteiger partial charge on any atom is 0.340 e. The van der Waals surface area contributed by atoms with Crippen LogP contribution >= 0.6 is 0 Å². The summed E-state index contributed by atoms with van der Waals surface area (Å²) in [6.07, 6.45) is -16.2. The number of carbonyl (C=O) groups is 10. The first-order valence-electron chi connectivity index (χ1n) is 22.6. The highest BCUT2D eigenvalue weighted by molar-refractivity contribution is 6.02. The van der Waals surface area contributed by atoms with Gasteiger partial charge >= 0.3 is 53.7 Å². The number of aromatic nitrogens is 1. The number of pyridine rings is 1. The summed E-state index contributed by atoms with van der Waals surface area (Å²) in [5.74, 6) is -19.1. The number of esters is 9. The van der Waals surface area contributed by atoms with Gasteiger partial charge in [0.25, 0.3) is 0 Å². The van der Waals surface area contributed by atoms with E-state index in [0.29, 0.717) is 0 Å². The van der Waals surface area contributed by atoms with Crippen molar-refractivity contribution in [2.24, 2.45) is 23.7 Å². The van der Waals surface area contributed by atoms with Crippen LogP contribution in [0.4, 0.5) is 0 Å². The molecular weight excluding hydrogens is 927 g/mol. The number of cyclic esters (lactones) is 1. The predicted octanol–water partition coefficient (Wildman–Crippen LogP) is 1.83. The highest BCUT2D eigenvalue weighted by atomic mass is 16.7. The molecule has 5 unspecified atom stereocenters. The Kier molecular flexibility index (Phi) is 14.2. The molecule has 6 bridgehead atoms. The summed E-state index contributed by atoms with van der Waals surface area (Å²) in [7, 11) is 0.975. The topological polar surface area (TPSA) is 296 Å². The van der Waals surface area contributed by atoms with Gasteiger partial charge in [-0.2, -0.15) is 0 Å². The largest absolute Gasteiger partial charge is 0.469 e. The quantitative estimate of drug-likeness (QED) is 0.235. The predicted molar refractivity (Wildman–Crippen MR) is 228 cm³/mol. The molecule has 0 radical (unpaired) electrons. The molecule has 376 valence electrons. The van der Waals surface area contributed by atoms with Crippen LogP contribution in [0.1, 0.15) is 100 Å². The zero-order valence-electron chi connectivity index (χ0n) is 39.4. The van der Waals surface area contributed by atoms with E-state index >= 15 is 4.79 Å². The minimum Gasteiger partial charge on any atom is -0.469 e. The highest BCUT2D eigenvalue weighted by Gasteiger charge is 2.92. The number of ketones is 1. The van der Waals surface area contributed by atoms with Gasteiger partial charge in [-0.1, -0.05) is 39.0 Å². The lowest BCUT2D eigenvalue weighted by Gasteiger charge is -2.66. The molecule has 5 aliphatic rings. The van der Waals surface area contributed by atoms with E-state index in [4.69, 9.17) is 47.4 Å². The summed E-state index contributed by atoms with van der Waals surface area (Å²) in [6, 6.07) is 9.96. The van der Waals surface area contributed by atoms with Crippen LogP contribution in [0, 0.1) is 23.7 Å². The number of hydrogen-bond donors (Lipinski definition) is 1. The second-order valence-electron chi connectivity index (χ2n) is 18.3. The second-order valence-corrected chi connectivity index (χ2v) is 18.3. The van der Waals surface area contributed by atoms with Crippen molar-refractivity contribution in [3.8, 4) is 0 Å². The fraction of sp³-hybridized carbons (Fsp3) is 0.562. The zero-order chi connectivity index (χ0) is 51.2. The van der Waals surface area contributed by atoms with Crippen molar-refractivity contribution in [3.63, 3.8) is 0 Å². The summed E-state index contributed by atoms with van der Waals surface area (Å²) >= 11 is 0. The number of aliphatic hydroxyl groups is 1. The molecule has 4 heterocycles.